The van der Waals surface area contributed by atoms with E-state index in [1.165, 1.54) is 0 Å². The van der Waals surface area contributed by atoms with Gasteiger partial charge in [-0.1, -0.05) is 24.4 Å². The summed E-state index contributed by atoms with van der Waals surface area (Å²) in [5, 5.41) is 14.2. The second-order valence-electron chi connectivity index (χ2n) is 7.21. The Morgan fingerprint density at radius 3 is 2.62 bits per heavy atom. The maximum absolute atomic E-state index is 14.0. The van der Waals surface area contributed by atoms with Gasteiger partial charge in [-0.05, 0) is 57.1 Å². The molecule has 0 aliphatic heterocycles. The molecule has 0 unspecified atom stereocenters. The van der Waals surface area contributed by atoms with Gasteiger partial charge in [0.2, 0.25) is 5.88 Å². The van der Waals surface area contributed by atoms with E-state index in [0.29, 0.717) is 18.1 Å². The molecule has 0 atom stereocenters. The van der Waals surface area contributed by atoms with Crippen molar-refractivity contribution in [3.05, 3.63) is 39.9 Å². The van der Waals surface area contributed by atoms with Gasteiger partial charge in [-0.25, -0.2) is 18.4 Å². The number of rotatable bonds is 12. The number of carboxylic acids is 1. The van der Waals surface area contributed by atoms with Crippen molar-refractivity contribution in [2.24, 2.45) is 0 Å². The Morgan fingerprint density at radius 1 is 1.22 bits per heavy atom. The van der Waals surface area contributed by atoms with Crippen LogP contribution in [-0.2, 0) is 6.61 Å². The van der Waals surface area contributed by atoms with Crippen LogP contribution in [0.4, 0.5) is 18.6 Å². The lowest BCUT2D eigenvalue weighted by molar-refractivity contribution is 0.0693. The normalized spacial score (nSPS) is 10.9. The van der Waals surface area contributed by atoms with Crippen LogP contribution in [0.1, 0.15) is 41.6 Å². The van der Waals surface area contributed by atoms with Crippen molar-refractivity contribution < 1.29 is 28.2 Å². The molecule has 3 N–H and O–H groups in total. The Morgan fingerprint density at radius 2 is 1.94 bits per heavy atom. The summed E-state index contributed by atoms with van der Waals surface area (Å²) >= 11 is 6.33. The van der Waals surface area contributed by atoms with Crippen LogP contribution >= 0.6 is 23.1 Å². The van der Waals surface area contributed by atoms with Gasteiger partial charge in [-0.2, -0.15) is 4.37 Å². The van der Waals surface area contributed by atoms with Crippen LogP contribution in [0, 0.1) is 11.6 Å². The fourth-order valence-electron chi connectivity index (χ4n) is 2.75. The number of halogens is 3. The van der Waals surface area contributed by atoms with Gasteiger partial charge in [-0.3, -0.25) is 5.32 Å². The predicted molar refractivity (Wildman–Crippen MR) is 119 cm³/mol. The number of nitrogens with one attached hydrogen (secondary N) is 2. The average molecular weight is 491 g/mol. The van der Waals surface area contributed by atoms with Crippen molar-refractivity contribution in [2.75, 3.05) is 32.5 Å². The van der Waals surface area contributed by atoms with Gasteiger partial charge >= 0.3 is 12.0 Å². The van der Waals surface area contributed by atoms with Gasteiger partial charge in [-0.15, -0.1) is 0 Å². The number of carbonyl (C=O) groups is 2. The lowest BCUT2D eigenvalue weighted by atomic mass is 10.2. The zero-order valence-corrected chi connectivity index (χ0v) is 19.3. The molecule has 8 nitrogen and oxygen atoms in total. The van der Waals surface area contributed by atoms with Gasteiger partial charge in [0.1, 0.15) is 17.4 Å². The molecule has 0 aliphatic rings. The zero-order valence-electron chi connectivity index (χ0n) is 17.7. The number of anilines is 1. The van der Waals surface area contributed by atoms with E-state index in [0.717, 1.165) is 44.4 Å². The Kier molecular flexibility index (Phi) is 10.1. The number of hydrogen-bond acceptors (Lipinski definition) is 6. The highest BCUT2D eigenvalue weighted by molar-refractivity contribution is 7.11. The van der Waals surface area contributed by atoms with Crippen molar-refractivity contribution in [3.63, 3.8) is 0 Å². The van der Waals surface area contributed by atoms with Crippen LogP contribution in [-0.4, -0.2) is 53.6 Å². The summed E-state index contributed by atoms with van der Waals surface area (Å²) in [7, 11) is 4.03. The van der Waals surface area contributed by atoms with Crippen LogP contribution in [0.5, 0.6) is 5.88 Å². The number of benzene rings is 1. The Hall–Kier alpha value is -2.50. The Balaban J connectivity index is 1.90. The van der Waals surface area contributed by atoms with E-state index in [-0.39, 0.29) is 15.9 Å². The number of aromatic nitrogens is 1. The van der Waals surface area contributed by atoms with Crippen molar-refractivity contribution >= 4 is 40.1 Å². The number of nitrogens with zero attached hydrogens (tertiary/aromatic N) is 2. The highest BCUT2D eigenvalue weighted by Crippen LogP contribution is 2.32. The van der Waals surface area contributed by atoms with E-state index in [1.807, 2.05) is 14.1 Å². The first kappa shape index (κ1) is 25.8. The maximum Gasteiger partial charge on any atom is 0.344 e. The topological polar surface area (TPSA) is 104 Å². The zero-order chi connectivity index (χ0) is 23.7. The molecule has 0 bridgehead atoms. The lowest BCUT2D eigenvalue weighted by Gasteiger charge is -2.09. The molecule has 0 fully saturated rings. The average Bonchev–Trinajstić information content (AvgIpc) is 3.12. The van der Waals surface area contributed by atoms with Crippen LogP contribution in [0.3, 0.4) is 0 Å². The van der Waals surface area contributed by atoms with E-state index in [9.17, 15) is 23.5 Å². The van der Waals surface area contributed by atoms with Crippen LogP contribution in [0.25, 0.3) is 0 Å². The third-order valence-electron chi connectivity index (χ3n) is 4.41. The molecule has 1 aromatic carbocycles. The first-order valence-electron chi connectivity index (χ1n) is 9.88. The van der Waals surface area contributed by atoms with Crippen molar-refractivity contribution in [1.29, 1.82) is 0 Å². The summed E-state index contributed by atoms with van der Waals surface area (Å²) in [5.74, 6) is -3.66. The number of carbonyl (C=O) groups excluding carboxylic acids is 1. The summed E-state index contributed by atoms with van der Waals surface area (Å²) in [6, 6.07) is 1.46. The SMILES string of the molecule is CN(C)CCCCCCNC(=O)Nc1snc(OCc2c(F)ccc(Cl)c2F)c1C(=O)O. The monoisotopic (exact) mass is 490 g/mol. The summed E-state index contributed by atoms with van der Waals surface area (Å²) < 4.78 is 36.9. The van der Waals surface area contributed by atoms with E-state index in [2.05, 4.69) is 19.9 Å². The molecule has 176 valence electrons. The Bertz CT molecular complexity index is 943. The second-order valence-corrected chi connectivity index (χ2v) is 8.39. The fourth-order valence-corrected chi connectivity index (χ4v) is 3.65. The molecule has 0 spiro atoms. The Labute approximate surface area is 193 Å². The standard InChI is InChI=1S/C20H25ClF2N4O4S/c1-27(2)10-6-4-3-5-9-24-20(30)25-18-15(19(28)29)17(26-32-18)31-11-12-14(22)8-7-13(21)16(12)23/h7-8H,3-6,9-11H2,1-2H3,(H,28,29)(H2,24,25,30). The van der Waals surface area contributed by atoms with E-state index in [4.69, 9.17) is 16.3 Å². The predicted octanol–water partition coefficient (Wildman–Crippen LogP) is 4.60. The maximum atomic E-state index is 14.0. The molecule has 12 heteroatoms. The minimum absolute atomic E-state index is 0.0528. The molecule has 1 heterocycles. The molecule has 0 saturated heterocycles. The lowest BCUT2D eigenvalue weighted by Crippen LogP contribution is -2.29. The van der Waals surface area contributed by atoms with E-state index in [1.54, 1.807) is 0 Å². The summed E-state index contributed by atoms with van der Waals surface area (Å²) in [6.07, 6.45) is 3.88. The molecular formula is C20H25ClF2N4O4S. The van der Waals surface area contributed by atoms with Gasteiger partial charge in [0.15, 0.2) is 11.4 Å². The van der Waals surface area contributed by atoms with Gasteiger partial charge in [0.25, 0.3) is 0 Å². The third-order valence-corrected chi connectivity index (χ3v) is 5.45. The summed E-state index contributed by atoms with van der Waals surface area (Å²) in [4.78, 5) is 25.8. The van der Waals surface area contributed by atoms with E-state index < -0.39 is 41.4 Å². The van der Waals surface area contributed by atoms with Crippen LogP contribution in [0.2, 0.25) is 5.02 Å². The van der Waals surface area contributed by atoms with Crippen LogP contribution < -0.4 is 15.4 Å². The summed E-state index contributed by atoms with van der Waals surface area (Å²) in [6.45, 7) is 0.825. The van der Waals surface area contributed by atoms with Gasteiger partial charge in [0.05, 0.1) is 10.6 Å². The molecule has 0 aliphatic carbocycles. The number of carboxylic acid groups (broad SMARTS) is 1. The number of ether oxygens (including phenoxy) is 1. The number of hydrogen-bond donors (Lipinski definition) is 3. The molecule has 2 rings (SSSR count). The van der Waals surface area contributed by atoms with Gasteiger partial charge in [0, 0.05) is 6.54 Å². The largest absolute Gasteiger partial charge is 0.477 e. The van der Waals surface area contributed by atoms with Crippen molar-refractivity contribution in [2.45, 2.75) is 32.3 Å². The van der Waals surface area contributed by atoms with Crippen LogP contribution in [0.15, 0.2) is 12.1 Å². The first-order chi connectivity index (χ1) is 15.2. The molecule has 1 aromatic heterocycles. The smallest absolute Gasteiger partial charge is 0.344 e. The fraction of sp³-hybridized carbons (Fsp3) is 0.450. The number of urea groups is 1. The molecule has 2 aromatic rings. The van der Waals surface area contributed by atoms with E-state index >= 15 is 0 Å². The number of aromatic carboxylic acids is 1. The first-order valence-corrected chi connectivity index (χ1v) is 11.0. The molecule has 2 amide bonds. The van der Waals surface area contributed by atoms with Crippen molar-refractivity contribution in [3.8, 4) is 5.88 Å². The summed E-state index contributed by atoms with van der Waals surface area (Å²) in [5.41, 5.74) is -0.864. The quantitative estimate of drug-likeness (QED) is 0.297. The third kappa shape index (κ3) is 7.57. The molecule has 32 heavy (non-hydrogen) atoms. The molecule has 0 saturated carbocycles. The highest BCUT2D eigenvalue weighted by Gasteiger charge is 2.24. The number of unbranched alkanes of at least 4 members (excludes halogenated alkanes) is 3. The molecular weight excluding hydrogens is 466 g/mol. The minimum Gasteiger partial charge on any atom is -0.477 e. The van der Waals surface area contributed by atoms with Gasteiger partial charge < -0.3 is 20.1 Å². The molecule has 0 radical (unpaired) electrons. The second kappa shape index (κ2) is 12.5. The van der Waals surface area contributed by atoms with Crippen molar-refractivity contribution in [1.82, 2.24) is 14.6 Å². The highest BCUT2D eigenvalue weighted by atomic mass is 35.5. The minimum atomic E-state index is -1.41. The number of amides is 2.